The van der Waals surface area contributed by atoms with Gasteiger partial charge in [-0.25, -0.2) is 18.2 Å². The van der Waals surface area contributed by atoms with Crippen LogP contribution in [0.3, 0.4) is 0 Å². The summed E-state index contributed by atoms with van der Waals surface area (Å²) < 4.78 is 129. The summed E-state index contributed by atoms with van der Waals surface area (Å²) in [6.45, 7) is -3.54. The van der Waals surface area contributed by atoms with Gasteiger partial charge in [-0.2, -0.15) is 37.2 Å². The summed E-state index contributed by atoms with van der Waals surface area (Å²) in [7, 11) is 1.06. The Bertz CT molecular complexity index is 2310. The molecule has 1 saturated carbocycles. The highest BCUT2D eigenvalue weighted by molar-refractivity contribution is 7.23. The van der Waals surface area contributed by atoms with Crippen LogP contribution < -0.4 is 31.2 Å². The monoisotopic (exact) mass is 778 g/mol. The lowest BCUT2D eigenvalue weighted by molar-refractivity contribution is -0.138. The van der Waals surface area contributed by atoms with E-state index in [1.807, 2.05) is 0 Å². The second-order valence-electron chi connectivity index (χ2n) is 13.1. The number of alkyl halides is 6. The van der Waals surface area contributed by atoms with Crippen LogP contribution in [0.1, 0.15) is 42.4 Å². The highest BCUT2D eigenvalue weighted by Gasteiger charge is 2.46. The van der Waals surface area contributed by atoms with Gasteiger partial charge in [-0.15, -0.1) is 11.3 Å². The molecule has 19 heteroatoms. The zero-order valence-corrected chi connectivity index (χ0v) is 29.0. The fourth-order valence-corrected chi connectivity index (χ4v) is 8.27. The first-order chi connectivity index (χ1) is 25.7. The van der Waals surface area contributed by atoms with Gasteiger partial charge in [0.25, 0.3) is 0 Å². The fourth-order valence-electron chi connectivity index (χ4n) is 7.32. The molecule has 0 bridgehead atoms. The molecule has 2 fully saturated rings. The minimum atomic E-state index is -5.38. The molecule has 5 heterocycles. The van der Waals surface area contributed by atoms with E-state index in [1.54, 1.807) is 6.07 Å². The summed E-state index contributed by atoms with van der Waals surface area (Å²) in [6.07, 6.45) is -0.387. The number of rotatable bonds is 5. The van der Waals surface area contributed by atoms with Gasteiger partial charge >= 0.3 is 18.7 Å². The van der Waals surface area contributed by atoms with Crippen LogP contribution in [-0.4, -0.2) is 59.5 Å². The molecule has 1 saturated heterocycles. The van der Waals surface area contributed by atoms with Crippen LogP contribution in [0, 0.1) is 23.0 Å². The van der Waals surface area contributed by atoms with E-state index in [1.165, 1.54) is 37.6 Å². The maximum absolute atomic E-state index is 16.7. The molecule has 54 heavy (non-hydrogen) atoms. The number of thiophene rings is 1. The lowest BCUT2D eigenvalue weighted by Gasteiger charge is -2.38. The van der Waals surface area contributed by atoms with Crippen LogP contribution >= 0.6 is 11.3 Å². The quantitative estimate of drug-likeness (QED) is 0.121. The third-order valence-corrected chi connectivity index (χ3v) is 11.0. The highest BCUT2D eigenvalue weighted by Crippen LogP contribution is 2.54. The van der Waals surface area contributed by atoms with E-state index in [2.05, 4.69) is 20.3 Å². The molecule has 2 aliphatic heterocycles. The van der Waals surface area contributed by atoms with Crippen LogP contribution in [0.4, 0.5) is 51.8 Å². The van der Waals surface area contributed by atoms with E-state index >= 15 is 17.6 Å². The third-order valence-electron chi connectivity index (χ3n) is 9.94. The average Bonchev–Trinajstić information content (AvgIpc) is 3.64. The van der Waals surface area contributed by atoms with Crippen molar-refractivity contribution in [3.63, 3.8) is 0 Å². The summed E-state index contributed by atoms with van der Waals surface area (Å²) in [5.74, 6) is -4.38. The number of nitriles is 1. The largest absolute Gasteiger partial charge is 0.490 e. The van der Waals surface area contributed by atoms with Gasteiger partial charge in [0.2, 0.25) is 0 Å². The van der Waals surface area contributed by atoms with Gasteiger partial charge in [0, 0.05) is 29.2 Å². The number of benzene rings is 2. The van der Waals surface area contributed by atoms with E-state index in [4.69, 9.17) is 20.9 Å². The smallest absolute Gasteiger partial charge is 0.420 e. The van der Waals surface area contributed by atoms with Gasteiger partial charge < -0.3 is 26.3 Å². The Labute approximate surface area is 305 Å². The summed E-state index contributed by atoms with van der Waals surface area (Å²) >= 11 is 0.595. The predicted octanol–water partition coefficient (Wildman–Crippen LogP) is 7.52. The van der Waals surface area contributed by atoms with Crippen LogP contribution in [0.5, 0.6) is 11.8 Å². The molecular formula is C35H30F8N8O2S. The number of nitrogens with zero attached hydrogens (tertiary/aromatic N) is 5. The Morgan fingerprint density at radius 2 is 1.93 bits per heavy atom. The zero-order valence-electron chi connectivity index (χ0n) is 28.2. The van der Waals surface area contributed by atoms with Crippen LogP contribution in [0.25, 0.3) is 32.1 Å². The number of halogens is 8. The summed E-state index contributed by atoms with van der Waals surface area (Å²) in [4.78, 5) is 12.1. The van der Waals surface area contributed by atoms with Crippen molar-refractivity contribution in [2.24, 2.45) is 0 Å². The lowest BCUT2D eigenvalue weighted by atomic mass is 9.76. The molecule has 0 radical (unpaired) electrons. The molecule has 10 nitrogen and oxygen atoms in total. The molecule has 1 aliphatic carbocycles. The van der Waals surface area contributed by atoms with E-state index in [0.717, 1.165) is 25.7 Å². The predicted molar refractivity (Wildman–Crippen MR) is 185 cm³/mol. The number of fused-ring (bicyclic) bond motifs is 1. The Kier molecular flexibility index (Phi) is 9.54. The molecule has 0 amide bonds. The van der Waals surface area contributed by atoms with Gasteiger partial charge in [-0.05, 0) is 55.4 Å². The van der Waals surface area contributed by atoms with Crippen molar-refractivity contribution >= 4 is 49.0 Å². The van der Waals surface area contributed by atoms with E-state index in [-0.39, 0.29) is 44.0 Å². The number of ether oxygens (including phenoxy) is 2. The molecule has 3 aliphatic rings. The first-order valence-corrected chi connectivity index (χ1v) is 17.4. The number of nitrogens with one attached hydrogen (secondary N) is 1. The Morgan fingerprint density at radius 3 is 2.50 bits per heavy atom. The van der Waals surface area contributed by atoms with Crippen molar-refractivity contribution in [1.82, 2.24) is 20.3 Å². The number of methoxy groups -OCH3 is 1. The number of pyridine rings is 1. The molecule has 8 rings (SSSR count). The van der Waals surface area contributed by atoms with Crippen molar-refractivity contribution in [3.05, 3.63) is 58.8 Å². The molecule has 5 N–H and O–H groups in total. The Morgan fingerprint density at radius 1 is 1.17 bits per heavy atom. The minimum absolute atomic E-state index is 0.00753. The summed E-state index contributed by atoms with van der Waals surface area (Å²) in [5.41, 5.74) is 7.70. The maximum Gasteiger partial charge on any atom is 0.420 e. The van der Waals surface area contributed by atoms with E-state index in [9.17, 15) is 22.8 Å². The van der Waals surface area contributed by atoms with Crippen molar-refractivity contribution in [3.8, 4) is 29.0 Å². The Balaban J connectivity index is 0.000000433. The maximum atomic E-state index is 16.7. The van der Waals surface area contributed by atoms with Gasteiger partial charge in [0.05, 0.1) is 28.8 Å². The van der Waals surface area contributed by atoms with Crippen molar-refractivity contribution in [2.45, 2.75) is 62.6 Å². The van der Waals surface area contributed by atoms with Gasteiger partial charge in [0.15, 0.2) is 11.6 Å². The summed E-state index contributed by atoms with van der Waals surface area (Å²) in [6, 6.07) is 4.37. The SMILES string of the molecule is COc1nc2c3c(c(C(F)(F)F)c(-c4ccc(F)c5sc(N)c(C#N)c45)c(F)c3n1)OCC(Cc1cccnc1N)N2C(F)F.FC1CNC2(CCC2)C1. The number of hydrogen-bond donors (Lipinski definition) is 3. The number of aromatic nitrogens is 3. The second-order valence-corrected chi connectivity index (χ2v) is 14.2. The molecule has 2 aromatic carbocycles. The van der Waals surface area contributed by atoms with E-state index in [0.29, 0.717) is 22.8 Å². The summed E-state index contributed by atoms with van der Waals surface area (Å²) in [5, 5.41) is 11.6. The van der Waals surface area contributed by atoms with Gasteiger partial charge in [-0.1, -0.05) is 12.1 Å². The normalized spacial score (nSPS) is 18.9. The van der Waals surface area contributed by atoms with Crippen molar-refractivity contribution in [1.29, 1.82) is 5.26 Å². The average molecular weight is 779 g/mol. The van der Waals surface area contributed by atoms with Crippen LogP contribution in [-0.2, 0) is 12.6 Å². The van der Waals surface area contributed by atoms with Gasteiger partial charge in [-0.3, -0.25) is 4.90 Å². The standard InChI is InChI=1S/C28H18F7N7O2S.C7H12FN/c1-43-27-40-20-17-21(44-9-11(42(26(31)32)25(17)41-27)7-10-3-2-6-39-23(10)37)18(28(33,34)35)16(19(20)30)12-4-5-14(29)22-15(12)13(8-36)24(38)45-22;8-6-4-7(9-5-6)2-1-3-7/h2-6,11,26H,7,9,38H2,1H3,(H2,37,39);6,9H,1-5H2. The number of nitrogen functional groups attached to an aromatic ring is 2. The number of anilines is 3. The number of nitrogens with two attached hydrogens (primary N) is 2. The van der Waals surface area contributed by atoms with Gasteiger partial charge in [0.1, 0.15) is 52.3 Å². The molecule has 3 aromatic heterocycles. The first kappa shape index (κ1) is 37.1. The van der Waals surface area contributed by atoms with Crippen LogP contribution in [0.15, 0.2) is 30.5 Å². The third kappa shape index (κ3) is 6.30. The van der Waals surface area contributed by atoms with Crippen molar-refractivity contribution < 1.29 is 44.6 Å². The lowest BCUT2D eigenvalue weighted by Crippen LogP contribution is -2.45. The highest BCUT2D eigenvalue weighted by atomic mass is 32.1. The molecule has 5 aromatic rings. The first-order valence-electron chi connectivity index (χ1n) is 16.5. The zero-order chi connectivity index (χ0) is 38.7. The molecule has 1 spiro atoms. The van der Waals surface area contributed by atoms with Crippen molar-refractivity contribution in [2.75, 3.05) is 36.6 Å². The van der Waals surface area contributed by atoms with E-state index < -0.39 is 88.4 Å². The Hall–Kier alpha value is -5.22. The molecule has 284 valence electrons. The number of hydrogen-bond acceptors (Lipinski definition) is 11. The molecule has 2 unspecified atom stereocenters. The topological polar surface area (TPSA) is 148 Å². The second kappa shape index (κ2) is 13.9. The van der Waals surface area contributed by atoms with Crippen LogP contribution in [0.2, 0.25) is 0 Å². The molecule has 2 atom stereocenters. The molecular weight excluding hydrogens is 748 g/mol. The fraction of sp³-hybridized carbons (Fsp3) is 0.371. The minimum Gasteiger partial charge on any atom is -0.490 e.